The quantitative estimate of drug-likeness (QED) is 0.565. The highest BCUT2D eigenvalue weighted by Crippen LogP contribution is 2.22. The fourth-order valence-electron chi connectivity index (χ4n) is 2.15. The molecule has 3 rings (SSSR count). The second-order valence-electron chi connectivity index (χ2n) is 4.88. The van der Waals surface area contributed by atoms with Crippen LogP contribution < -0.4 is 4.74 Å². The van der Waals surface area contributed by atoms with Crippen molar-refractivity contribution in [3.8, 4) is 17.6 Å². The lowest BCUT2D eigenvalue weighted by atomic mass is 10.1. The fourth-order valence-corrected chi connectivity index (χ4v) is 2.15. The number of alkyl halides is 3. The van der Waals surface area contributed by atoms with Crippen molar-refractivity contribution in [1.82, 2.24) is 0 Å². The van der Waals surface area contributed by atoms with E-state index in [2.05, 4.69) is 16.6 Å². The molecule has 0 amide bonds. The Morgan fingerprint density at radius 3 is 2.00 bits per heavy atom. The molecule has 0 saturated heterocycles. The van der Waals surface area contributed by atoms with Crippen LogP contribution >= 0.6 is 0 Å². The number of fused-ring (bicyclic) bond motifs is 1. The molecule has 23 heavy (non-hydrogen) atoms. The first kappa shape index (κ1) is 15.0. The molecule has 0 N–H and O–H groups in total. The summed E-state index contributed by atoms with van der Waals surface area (Å²) in [6, 6.07) is 19.3. The van der Waals surface area contributed by atoms with E-state index in [1.54, 1.807) is 0 Å². The molecule has 0 aliphatic heterocycles. The molecule has 3 aromatic carbocycles. The van der Waals surface area contributed by atoms with Crippen LogP contribution in [0.5, 0.6) is 5.75 Å². The predicted molar refractivity (Wildman–Crippen MR) is 83.1 cm³/mol. The first-order chi connectivity index (χ1) is 11.0. The zero-order valence-corrected chi connectivity index (χ0v) is 11.9. The van der Waals surface area contributed by atoms with Gasteiger partial charge in [-0.2, -0.15) is 0 Å². The van der Waals surface area contributed by atoms with Crippen LogP contribution in [0.3, 0.4) is 0 Å². The van der Waals surface area contributed by atoms with Crippen LogP contribution in [0.2, 0.25) is 0 Å². The molecule has 0 spiro atoms. The molecule has 0 aliphatic carbocycles. The van der Waals surface area contributed by atoms with E-state index < -0.39 is 6.36 Å². The van der Waals surface area contributed by atoms with E-state index in [-0.39, 0.29) is 5.75 Å². The largest absolute Gasteiger partial charge is 0.573 e. The minimum Gasteiger partial charge on any atom is -0.406 e. The van der Waals surface area contributed by atoms with E-state index in [0.717, 1.165) is 16.3 Å². The molecule has 0 aliphatic rings. The summed E-state index contributed by atoms with van der Waals surface area (Å²) in [6.07, 6.45) is -4.68. The van der Waals surface area contributed by atoms with E-state index in [1.165, 1.54) is 24.3 Å². The van der Waals surface area contributed by atoms with E-state index >= 15 is 0 Å². The van der Waals surface area contributed by atoms with Crippen molar-refractivity contribution in [1.29, 1.82) is 0 Å². The van der Waals surface area contributed by atoms with Gasteiger partial charge < -0.3 is 4.74 Å². The minimum absolute atomic E-state index is 0.256. The van der Waals surface area contributed by atoms with Gasteiger partial charge in [0.15, 0.2) is 0 Å². The van der Waals surface area contributed by atoms with Crippen molar-refractivity contribution in [2.24, 2.45) is 0 Å². The summed E-state index contributed by atoms with van der Waals surface area (Å²) in [7, 11) is 0. The van der Waals surface area contributed by atoms with Crippen LogP contribution in [-0.4, -0.2) is 6.36 Å². The van der Waals surface area contributed by atoms with Gasteiger partial charge in [-0.05, 0) is 47.2 Å². The summed E-state index contributed by atoms with van der Waals surface area (Å²) in [6.45, 7) is 0. The zero-order chi connectivity index (χ0) is 16.3. The SMILES string of the molecule is FC(F)(F)Oc1ccc(C#Cc2ccc3ccccc3c2)cc1. The number of rotatable bonds is 1. The average molecular weight is 312 g/mol. The van der Waals surface area contributed by atoms with Gasteiger partial charge in [-0.3, -0.25) is 0 Å². The standard InChI is InChI=1S/C19H11F3O/c20-19(21,22)23-18-11-8-14(9-12-18)5-6-15-7-10-16-3-1-2-4-17(16)13-15/h1-4,7-13H. The van der Waals surface area contributed by atoms with Gasteiger partial charge in [0, 0.05) is 11.1 Å². The van der Waals surface area contributed by atoms with Crippen molar-refractivity contribution >= 4 is 10.8 Å². The Bertz CT molecular complexity index is 884. The van der Waals surface area contributed by atoms with Crippen LogP contribution in [0.15, 0.2) is 66.7 Å². The Hall–Kier alpha value is -2.93. The molecular weight excluding hydrogens is 301 g/mol. The van der Waals surface area contributed by atoms with Gasteiger partial charge in [-0.25, -0.2) is 0 Å². The molecule has 0 unspecified atom stereocenters. The van der Waals surface area contributed by atoms with E-state index in [0.29, 0.717) is 5.56 Å². The monoisotopic (exact) mass is 312 g/mol. The van der Waals surface area contributed by atoms with E-state index in [4.69, 9.17) is 0 Å². The number of ether oxygens (including phenoxy) is 1. The van der Waals surface area contributed by atoms with Gasteiger partial charge in [0.2, 0.25) is 0 Å². The molecule has 0 atom stereocenters. The summed E-state index contributed by atoms with van der Waals surface area (Å²) in [5, 5.41) is 2.22. The van der Waals surface area contributed by atoms with Gasteiger partial charge in [0.25, 0.3) is 0 Å². The second kappa shape index (κ2) is 6.05. The normalized spacial score (nSPS) is 10.9. The summed E-state index contributed by atoms with van der Waals surface area (Å²) in [5.41, 5.74) is 1.46. The summed E-state index contributed by atoms with van der Waals surface area (Å²) in [4.78, 5) is 0. The van der Waals surface area contributed by atoms with Crippen molar-refractivity contribution < 1.29 is 17.9 Å². The van der Waals surface area contributed by atoms with Gasteiger partial charge in [0.05, 0.1) is 0 Å². The Morgan fingerprint density at radius 1 is 0.696 bits per heavy atom. The Kier molecular flexibility index (Phi) is 3.94. The number of hydrogen-bond donors (Lipinski definition) is 0. The molecule has 0 heterocycles. The number of halogens is 3. The maximum Gasteiger partial charge on any atom is 0.573 e. The van der Waals surface area contributed by atoms with Crippen molar-refractivity contribution in [3.63, 3.8) is 0 Å². The zero-order valence-electron chi connectivity index (χ0n) is 11.9. The van der Waals surface area contributed by atoms with Crippen molar-refractivity contribution in [3.05, 3.63) is 77.9 Å². The smallest absolute Gasteiger partial charge is 0.406 e. The lowest BCUT2D eigenvalue weighted by Gasteiger charge is -2.07. The van der Waals surface area contributed by atoms with Crippen molar-refractivity contribution in [2.45, 2.75) is 6.36 Å². The molecule has 0 fully saturated rings. The fraction of sp³-hybridized carbons (Fsp3) is 0.0526. The highest BCUT2D eigenvalue weighted by molar-refractivity contribution is 5.83. The van der Waals surface area contributed by atoms with E-state index in [1.807, 2.05) is 42.5 Å². The average Bonchev–Trinajstić information content (AvgIpc) is 2.52. The van der Waals surface area contributed by atoms with E-state index in [9.17, 15) is 13.2 Å². The highest BCUT2D eigenvalue weighted by Gasteiger charge is 2.30. The third-order valence-corrected chi connectivity index (χ3v) is 3.19. The van der Waals surface area contributed by atoms with Gasteiger partial charge in [0.1, 0.15) is 5.75 Å². The summed E-state index contributed by atoms with van der Waals surface area (Å²) >= 11 is 0. The first-order valence-corrected chi connectivity index (χ1v) is 6.86. The van der Waals surface area contributed by atoms with Crippen LogP contribution in [0.4, 0.5) is 13.2 Å². The summed E-state index contributed by atoms with van der Waals surface area (Å²) < 4.78 is 40.1. The van der Waals surface area contributed by atoms with Crippen LogP contribution in [0.1, 0.15) is 11.1 Å². The third-order valence-electron chi connectivity index (χ3n) is 3.19. The highest BCUT2D eigenvalue weighted by atomic mass is 19.4. The van der Waals surface area contributed by atoms with Crippen LogP contribution in [0, 0.1) is 11.8 Å². The van der Waals surface area contributed by atoms with Crippen molar-refractivity contribution in [2.75, 3.05) is 0 Å². The second-order valence-corrected chi connectivity index (χ2v) is 4.88. The predicted octanol–water partition coefficient (Wildman–Crippen LogP) is 5.14. The van der Waals surface area contributed by atoms with Crippen LogP contribution in [-0.2, 0) is 0 Å². The Balaban J connectivity index is 1.80. The molecule has 0 radical (unpaired) electrons. The first-order valence-electron chi connectivity index (χ1n) is 6.86. The maximum atomic E-state index is 12.1. The Labute approximate surface area is 131 Å². The lowest BCUT2D eigenvalue weighted by Crippen LogP contribution is -2.16. The molecule has 0 bridgehead atoms. The minimum atomic E-state index is -4.68. The van der Waals surface area contributed by atoms with Gasteiger partial charge >= 0.3 is 6.36 Å². The molecule has 4 heteroatoms. The lowest BCUT2D eigenvalue weighted by molar-refractivity contribution is -0.274. The maximum absolute atomic E-state index is 12.1. The third kappa shape index (κ3) is 4.04. The number of hydrogen-bond acceptors (Lipinski definition) is 1. The topological polar surface area (TPSA) is 9.23 Å². The molecule has 114 valence electrons. The molecule has 3 aromatic rings. The Morgan fingerprint density at radius 2 is 1.30 bits per heavy atom. The molecular formula is C19H11F3O. The van der Waals surface area contributed by atoms with Crippen LogP contribution in [0.25, 0.3) is 10.8 Å². The molecule has 0 aromatic heterocycles. The molecule has 1 nitrogen and oxygen atoms in total. The van der Waals surface area contributed by atoms with Gasteiger partial charge in [-0.1, -0.05) is 42.2 Å². The number of benzene rings is 3. The van der Waals surface area contributed by atoms with Gasteiger partial charge in [-0.15, -0.1) is 13.2 Å². The molecule has 0 saturated carbocycles. The summed E-state index contributed by atoms with van der Waals surface area (Å²) in [5.74, 6) is 5.68.